The second-order valence-corrected chi connectivity index (χ2v) is 5.21. The Morgan fingerprint density at radius 2 is 2.12 bits per heavy atom. The molecule has 1 amide bonds. The third-order valence-electron chi connectivity index (χ3n) is 3.61. The standard InChI is InChI=1S/C17H17N5O2/c1-12(22-16-9-4-3-8-15(16)19-21-22)17(23)20-18-11-13-6-5-7-14(10-13)24-2/h3-12H,1-2H3,(H,20,23)/t12-/m1/s1. The van der Waals surface area contributed by atoms with Crippen LogP contribution in [-0.2, 0) is 4.79 Å². The number of para-hydroxylation sites is 1. The van der Waals surface area contributed by atoms with E-state index in [0.717, 1.165) is 22.3 Å². The van der Waals surface area contributed by atoms with Gasteiger partial charge in [-0.1, -0.05) is 29.5 Å². The van der Waals surface area contributed by atoms with Gasteiger partial charge < -0.3 is 4.74 Å². The third kappa shape index (κ3) is 3.24. The molecule has 3 rings (SSSR count). The van der Waals surface area contributed by atoms with Crippen molar-refractivity contribution >= 4 is 23.2 Å². The van der Waals surface area contributed by atoms with Crippen molar-refractivity contribution in [2.75, 3.05) is 7.11 Å². The van der Waals surface area contributed by atoms with E-state index in [1.165, 1.54) is 0 Å². The van der Waals surface area contributed by atoms with Gasteiger partial charge in [0.15, 0.2) is 0 Å². The molecule has 0 aliphatic rings. The van der Waals surface area contributed by atoms with E-state index in [1.807, 2.05) is 48.5 Å². The molecular weight excluding hydrogens is 306 g/mol. The molecule has 0 bridgehead atoms. The highest BCUT2D eigenvalue weighted by Gasteiger charge is 2.18. The molecule has 7 heteroatoms. The quantitative estimate of drug-likeness (QED) is 0.576. The topological polar surface area (TPSA) is 81.4 Å². The number of hydrogen-bond donors (Lipinski definition) is 1. The summed E-state index contributed by atoms with van der Waals surface area (Å²) in [6.07, 6.45) is 1.56. The van der Waals surface area contributed by atoms with E-state index >= 15 is 0 Å². The van der Waals surface area contributed by atoms with Crippen LogP contribution in [0.5, 0.6) is 5.75 Å². The molecular formula is C17H17N5O2. The van der Waals surface area contributed by atoms with Crippen LogP contribution in [0, 0.1) is 0 Å². The highest BCUT2D eigenvalue weighted by molar-refractivity contribution is 5.85. The molecule has 3 aromatic rings. The van der Waals surface area contributed by atoms with E-state index in [4.69, 9.17) is 4.74 Å². The Balaban J connectivity index is 1.69. The third-order valence-corrected chi connectivity index (χ3v) is 3.61. The van der Waals surface area contributed by atoms with E-state index in [9.17, 15) is 4.79 Å². The minimum absolute atomic E-state index is 0.273. The Labute approximate surface area is 138 Å². The van der Waals surface area contributed by atoms with Gasteiger partial charge in [0.05, 0.1) is 18.8 Å². The fourth-order valence-electron chi connectivity index (χ4n) is 2.27. The number of hydrazone groups is 1. The molecule has 0 saturated carbocycles. The summed E-state index contributed by atoms with van der Waals surface area (Å²) < 4.78 is 6.72. The van der Waals surface area contributed by atoms with Gasteiger partial charge in [-0.3, -0.25) is 4.79 Å². The summed E-state index contributed by atoms with van der Waals surface area (Å²) in [7, 11) is 1.60. The minimum Gasteiger partial charge on any atom is -0.497 e. The predicted octanol–water partition coefficient (Wildman–Crippen LogP) is 2.15. The molecule has 0 fully saturated rings. The summed E-state index contributed by atoms with van der Waals surface area (Å²) in [5.41, 5.74) is 4.90. The molecule has 7 nitrogen and oxygen atoms in total. The molecule has 1 atom stereocenters. The Hall–Kier alpha value is -3.22. The maximum atomic E-state index is 12.3. The molecule has 1 aromatic heterocycles. The van der Waals surface area contributed by atoms with E-state index in [-0.39, 0.29) is 5.91 Å². The number of rotatable bonds is 5. The average Bonchev–Trinajstić information content (AvgIpc) is 3.05. The van der Waals surface area contributed by atoms with Crippen LogP contribution in [0.2, 0.25) is 0 Å². The van der Waals surface area contributed by atoms with E-state index in [0.29, 0.717) is 0 Å². The van der Waals surface area contributed by atoms with Crippen LogP contribution in [0.3, 0.4) is 0 Å². The molecule has 2 aromatic carbocycles. The number of amides is 1. The van der Waals surface area contributed by atoms with Gasteiger partial charge in [-0.15, -0.1) is 5.10 Å². The van der Waals surface area contributed by atoms with Crippen LogP contribution < -0.4 is 10.2 Å². The van der Waals surface area contributed by atoms with Crippen molar-refractivity contribution in [1.82, 2.24) is 20.4 Å². The van der Waals surface area contributed by atoms with Crippen molar-refractivity contribution in [3.63, 3.8) is 0 Å². The van der Waals surface area contributed by atoms with Crippen molar-refractivity contribution in [3.05, 3.63) is 54.1 Å². The predicted molar refractivity (Wildman–Crippen MR) is 91.0 cm³/mol. The highest BCUT2D eigenvalue weighted by Crippen LogP contribution is 2.15. The summed E-state index contributed by atoms with van der Waals surface area (Å²) in [6.45, 7) is 1.75. The molecule has 1 heterocycles. The fourth-order valence-corrected chi connectivity index (χ4v) is 2.27. The lowest BCUT2D eigenvalue weighted by atomic mass is 10.2. The largest absolute Gasteiger partial charge is 0.497 e. The Morgan fingerprint density at radius 1 is 1.29 bits per heavy atom. The number of carbonyl (C=O) groups is 1. The molecule has 122 valence electrons. The lowest BCUT2D eigenvalue weighted by Crippen LogP contribution is -2.28. The molecule has 1 N–H and O–H groups in total. The smallest absolute Gasteiger partial charge is 0.264 e. The SMILES string of the molecule is COc1cccc(C=NNC(=O)[C@@H](C)n2nnc3ccccc32)c1. The number of nitrogens with one attached hydrogen (secondary N) is 1. The lowest BCUT2D eigenvalue weighted by molar-refractivity contribution is -0.124. The monoisotopic (exact) mass is 323 g/mol. The van der Waals surface area contributed by atoms with Gasteiger partial charge in [0.2, 0.25) is 0 Å². The summed E-state index contributed by atoms with van der Waals surface area (Å²) in [6, 6.07) is 14.3. The number of carbonyl (C=O) groups excluding carboxylic acids is 1. The normalized spacial score (nSPS) is 12.4. The zero-order chi connectivity index (χ0) is 16.9. The number of hydrogen-bond acceptors (Lipinski definition) is 5. The number of aromatic nitrogens is 3. The van der Waals surface area contributed by atoms with Crippen molar-refractivity contribution < 1.29 is 9.53 Å². The van der Waals surface area contributed by atoms with Crippen molar-refractivity contribution in [1.29, 1.82) is 0 Å². The number of ether oxygens (including phenoxy) is 1. The van der Waals surface area contributed by atoms with E-state index in [1.54, 1.807) is 24.9 Å². The van der Waals surface area contributed by atoms with Crippen molar-refractivity contribution in [2.45, 2.75) is 13.0 Å². The van der Waals surface area contributed by atoms with Crippen LogP contribution in [0.4, 0.5) is 0 Å². The maximum absolute atomic E-state index is 12.3. The molecule has 24 heavy (non-hydrogen) atoms. The average molecular weight is 323 g/mol. The lowest BCUT2D eigenvalue weighted by Gasteiger charge is -2.10. The van der Waals surface area contributed by atoms with Gasteiger partial charge in [0, 0.05) is 0 Å². The zero-order valence-corrected chi connectivity index (χ0v) is 13.4. The molecule has 0 spiro atoms. The first kappa shape index (κ1) is 15.7. The van der Waals surface area contributed by atoms with Gasteiger partial charge in [0.1, 0.15) is 17.3 Å². The van der Waals surface area contributed by atoms with Gasteiger partial charge in [-0.25, -0.2) is 10.1 Å². The second-order valence-electron chi connectivity index (χ2n) is 5.21. The second kappa shape index (κ2) is 6.91. The van der Waals surface area contributed by atoms with Gasteiger partial charge in [-0.05, 0) is 36.8 Å². The summed E-state index contributed by atoms with van der Waals surface area (Å²) in [5.74, 6) is 0.456. The fraction of sp³-hybridized carbons (Fsp3) is 0.176. The number of fused-ring (bicyclic) bond motifs is 1. The van der Waals surface area contributed by atoms with Crippen LogP contribution in [0.1, 0.15) is 18.5 Å². The summed E-state index contributed by atoms with van der Waals surface area (Å²) in [4.78, 5) is 12.3. The maximum Gasteiger partial charge on any atom is 0.264 e. The number of benzene rings is 2. The Bertz CT molecular complexity index is 887. The highest BCUT2D eigenvalue weighted by atomic mass is 16.5. The van der Waals surface area contributed by atoms with Crippen LogP contribution in [-0.4, -0.2) is 34.2 Å². The van der Waals surface area contributed by atoms with Gasteiger partial charge >= 0.3 is 0 Å². The van der Waals surface area contributed by atoms with Gasteiger partial charge in [-0.2, -0.15) is 5.10 Å². The van der Waals surface area contributed by atoms with Crippen molar-refractivity contribution in [3.8, 4) is 5.75 Å². The molecule has 0 aliphatic carbocycles. The Morgan fingerprint density at radius 3 is 2.96 bits per heavy atom. The molecule has 0 radical (unpaired) electrons. The number of methoxy groups -OCH3 is 1. The first-order valence-electron chi connectivity index (χ1n) is 7.46. The van der Waals surface area contributed by atoms with Crippen LogP contribution in [0.25, 0.3) is 11.0 Å². The first-order valence-corrected chi connectivity index (χ1v) is 7.46. The summed E-state index contributed by atoms with van der Waals surface area (Å²) >= 11 is 0. The summed E-state index contributed by atoms with van der Waals surface area (Å²) in [5, 5.41) is 12.1. The molecule has 0 unspecified atom stereocenters. The number of nitrogens with zero attached hydrogens (tertiary/aromatic N) is 4. The first-order chi connectivity index (χ1) is 11.7. The van der Waals surface area contributed by atoms with E-state index in [2.05, 4.69) is 20.8 Å². The van der Waals surface area contributed by atoms with Crippen molar-refractivity contribution in [2.24, 2.45) is 5.10 Å². The Kier molecular flexibility index (Phi) is 4.51. The van der Waals surface area contributed by atoms with Gasteiger partial charge in [0.25, 0.3) is 5.91 Å². The van der Waals surface area contributed by atoms with Crippen LogP contribution in [0.15, 0.2) is 53.6 Å². The molecule has 0 saturated heterocycles. The van der Waals surface area contributed by atoms with Crippen LogP contribution >= 0.6 is 0 Å². The van der Waals surface area contributed by atoms with E-state index < -0.39 is 6.04 Å². The molecule has 0 aliphatic heterocycles. The minimum atomic E-state index is -0.528. The zero-order valence-electron chi connectivity index (χ0n) is 13.4.